The van der Waals surface area contributed by atoms with Crippen molar-refractivity contribution in [1.29, 1.82) is 0 Å². The maximum Gasteiger partial charge on any atom is 0.116 e. The third-order valence-corrected chi connectivity index (χ3v) is 2.46. The molecule has 0 aromatic carbocycles. The first kappa shape index (κ1) is 8.66. The molecule has 0 rings (SSSR count). The van der Waals surface area contributed by atoms with Crippen LogP contribution in [0.3, 0.4) is 0 Å². The molecule has 8 heavy (non-hydrogen) atoms. The van der Waals surface area contributed by atoms with E-state index < -0.39 is 8.24 Å². The highest BCUT2D eigenvalue weighted by atomic mass is 79.9. The van der Waals surface area contributed by atoms with Gasteiger partial charge in [-0.15, -0.1) is 0 Å². The second kappa shape index (κ2) is 3.64. The lowest BCUT2D eigenvalue weighted by Gasteiger charge is -2.16. The van der Waals surface area contributed by atoms with Crippen LogP contribution in [0.5, 0.6) is 0 Å². The molecule has 0 aliphatic rings. The molecule has 0 heterocycles. The van der Waals surface area contributed by atoms with Crippen LogP contribution in [0.1, 0.15) is 0 Å². The monoisotopic (exact) mass is 195 g/mol. The highest BCUT2D eigenvalue weighted by molar-refractivity contribution is 9.09. The van der Waals surface area contributed by atoms with Gasteiger partial charge in [-0.1, -0.05) is 35.6 Å². The lowest BCUT2D eigenvalue weighted by atomic mass is 10.8. The standard InChI is InChI=1S/C5H14BrNSi/c1-8(2,3)7-5-4-6/h7H,4-5H2,1-3H3. The molecule has 0 atom stereocenters. The first-order valence-electron chi connectivity index (χ1n) is 2.87. The Hall–Kier alpha value is 0.657. The Balaban J connectivity index is 3.11. The van der Waals surface area contributed by atoms with E-state index in [9.17, 15) is 0 Å². The fourth-order valence-corrected chi connectivity index (χ4v) is 1.86. The molecule has 0 aliphatic heterocycles. The quantitative estimate of drug-likeness (QED) is 0.536. The summed E-state index contributed by atoms with van der Waals surface area (Å²) in [5, 5.41) is 1.07. The van der Waals surface area contributed by atoms with E-state index in [1.807, 2.05) is 0 Å². The summed E-state index contributed by atoms with van der Waals surface area (Å²) >= 11 is 3.36. The molecule has 0 aromatic heterocycles. The molecule has 0 saturated heterocycles. The van der Waals surface area contributed by atoms with Gasteiger partial charge in [0.25, 0.3) is 0 Å². The number of halogens is 1. The van der Waals surface area contributed by atoms with Crippen molar-refractivity contribution in [2.24, 2.45) is 0 Å². The molecule has 1 N–H and O–H groups in total. The van der Waals surface area contributed by atoms with Crippen molar-refractivity contribution in [3.05, 3.63) is 0 Å². The van der Waals surface area contributed by atoms with E-state index in [0.717, 1.165) is 11.9 Å². The largest absolute Gasteiger partial charge is 0.337 e. The first-order chi connectivity index (χ1) is 3.56. The number of hydrogen-bond acceptors (Lipinski definition) is 1. The molecule has 0 bridgehead atoms. The fourth-order valence-electron chi connectivity index (χ4n) is 0.422. The lowest BCUT2D eigenvalue weighted by molar-refractivity contribution is 0.983. The first-order valence-corrected chi connectivity index (χ1v) is 7.49. The predicted octanol–water partition coefficient (Wildman–Crippen LogP) is 1.81. The average molecular weight is 196 g/mol. The molecule has 0 spiro atoms. The van der Waals surface area contributed by atoms with Crippen molar-refractivity contribution in [3.63, 3.8) is 0 Å². The second-order valence-corrected chi connectivity index (χ2v) is 8.51. The van der Waals surface area contributed by atoms with Crippen LogP contribution in [0.15, 0.2) is 0 Å². The maximum absolute atomic E-state index is 3.46. The summed E-state index contributed by atoms with van der Waals surface area (Å²) in [4.78, 5) is 3.46. The smallest absolute Gasteiger partial charge is 0.116 e. The molecule has 0 unspecified atom stereocenters. The second-order valence-electron chi connectivity index (χ2n) is 2.87. The Kier molecular flexibility index (Phi) is 3.94. The summed E-state index contributed by atoms with van der Waals surface area (Å²) in [7, 11) is -0.958. The van der Waals surface area contributed by atoms with Gasteiger partial charge in [0, 0.05) is 5.33 Å². The summed E-state index contributed by atoms with van der Waals surface area (Å²) in [5.74, 6) is 0. The van der Waals surface area contributed by atoms with Gasteiger partial charge < -0.3 is 4.98 Å². The van der Waals surface area contributed by atoms with Gasteiger partial charge in [0.2, 0.25) is 0 Å². The van der Waals surface area contributed by atoms with Crippen LogP contribution >= 0.6 is 15.9 Å². The minimum atomic E-state index is -0.958. The molecule has 0 aromatic rings. The van der Waals surface area contributed by atoms with Gasteiger partial charge in [-0.3, -0.25) is 0 Å². The van der Waals surface area contributed by atoms with E-state index in [4.69, 9.17) is 0 Å². The lowest BCUT2D eigenvalue weighted by Crippen LogP contribution is -2.42. The number of rotatable bonds is 3. The van der Waals surface area contributed by atoms with Gasteiger partial charge in [-0.2, -0.15) is 0 Å². The summed E-state index contributed by atoms with van der Waals surface area (Å²) in [6.07, 6.45) is 0. The van der Waals surface area contributed by atoms with Crippen LogP contribution in [0, 0.1) is 0 Å². The van der Waals surface area contributed by atoms with Crippen LogP contribution in [0.4, 0.5) is 0 Å². The minimum absolute atomic E-state index is 0.958. The van der Waals surface area contributed by atoms with Crippen LogP contribution in [-0.2, 0) is 0 Å². The van der Waals surface area contributed by atoms with Crippen LogP contribution in [0.2, 0.25) is 19.6 Å². The van der Waals surface area contributed by atoms with E-state index in [-0.39, 0.29) is 0 Å². The number of nitrogens with one attached hydrogen (secondary N) is 1. The zero-order chi connectivity index (χ0) is 6.62. The highest BCUT2D eigenvalue weighted by Crippen LogP contribution is 1.92. The molecule has 50 valence electrons. The zero-order valence-corrected chi connectivity index (χ0v) is 8.38. The van der Waals surface area contributed by atoms with Gasteiger partial charge in [-0.25, -0.2) is 0 Å². The van der Waals surface area contributed by atoms with Gasteiger partial charge >= 0.3 is 0 Å². The predicted molar refractivity (Wildman–Crippen MR) is 45.1 cm³/mol. The Morgan fingerprint density at radius 1 is 1.38 bits per heavy atom. The van der Waals surface area contributed by atoms with Crippen molar-refractivity contribution in [2.45, 2.75) is 19.6 Å². The third-order valence-electron chi connectivity index (χ3n) is 0.750. The maximum atomic E-state index is 3.46. The number of hydrogen-bond donors (Lipinski definition) is 1. The molecule has 3 heteroatoms. The molecule has 0 radical (unpaired) electrons. The Bertz CT molecular complexity index is 59.9. The molecule has 0 saturated carbocycles. The average Bonchev–Trinajstić information content (AvgIpc) is 1.59. The van der Waals surface area contributed by atoms with Crippen molar-refractivity contribution >= 4 is 24.2 Å². The summed E-state index contributed by atoms with van der Waals surface area (Å²) in [6.45, 7) is 8.01. The third kappa shape index (κ3) is 6.66. The van der Waals surface area contributed by atoms with Crippen molar-refractivity contribution in [3.8, 4) is 0 Å². The zero-order valence-electron chi connectivity index (χ0n) is 5.79. The van der Waals surface area contributed by atoms with E-state index in [2.05, 4.69) is 40.6 Å². The van der Waals surface area contributed by atoms with E-state index in [1.165, 1.54) is 0 Å². The van der Waals surface area contributed by atoms with Crippen LogP contribution < -0.4 is 4.98 Å². The van der Waals surface area contributed by atoms with Crippen LogP contribution in [0.25, 0.3) is 0 Å². The molecular weight excluding hydrogens is 182 g/mol. The van der Waals surface area contributed by atoms with E-state index >= 15 is 0 Å². The van der Waals surface area contributed by atoms with Gasteiger partial charge in [0.15, 0.2) is 0 Å². The highest BCUT2D eigenvalue weighted by Gasteiger charge is 2.09. The molecule has 1 nitrogen and oxygen atoms in total. The van der Waals surface area contributed by atoms with E-state index in [0.29, 0.717) is 0 Å². The van der Waals surface area contributed by atoms with Gasteiger partial charge in [-0.05, 0) is 6.54 Å². The molecule has 0 amide bonds. The topological polar surface area (TPSA) is 12.0 Å². The SMILES string of the molecule is C[Si](C)(C)NCCBr. The van der Waals surface area contributed by atoms with Gasteiger partial charge in [0.05, 0.1) is 0 Å². The molecular formula is C5H14BrNSi. The summed E-state index contributed by atoms with van der Waals surface area (Å²) in [6, 6.07) is 0. The Morgan fingerprint density at radius 2 is 1.88 bits per heavy atom. The Labute approximate surface area is 61.1 Å². The number of alkyl halides is 1. The minimum Gasteiger partial charge on any atom is -0.337 e. The van der Waals surface area contributed by atoms with Crippen molar-refractivity contribution < 1.29 is 0 Å². The molecule has 0 fully saturated rings. The fraction of sp³-hybridized carbons (Fsp3) is 1.00. The van der Waals surface area contributed by atoms with Crippen molar-refractivity contribution in [2.75, 3.05) is 11.9 Å². The summed E-state index contributed by atoms with van der Waals surface area (Å²) in [5.41, 5.74) is 0. The molecule has 0 aliphatic carbocycles. The van der Waals surface area contributed by atoms with Gasteiger partial charge in [0.1, 0.15) is 8.24 Å². The van der Waals surface area contributed by atoms with Crippen molar-refractivity contribution in [1.82, 2.24) is 4.98 Å². The van der Waals surface area contributed by atoms with Crippen LogP contribution in [-0.4, -0.2) is 20.1 Å². The van der Waals surface area contributed by atoms with E-state index in [1.54, 1.807) is 0 Å². The normalized spacial score (nSPS) is 12.0. The Morgan fingerprint density at radius 3 is 2.00 bits per heavy atom. The summed E-state index contributed by atoms with van der Waals surface area (Å²) < 4.78 is 0.